The van der Waals surface area contributed by atoms with Crippen molar-refractivity contribution in [1.29, 1.82) is 0 Å². The van der Waals surface area contributed by atoms with Crippen LogP contribution in [0.3, 0.4) is 0 Å². The van der Waals surface area contributed by atoms with Crippen LogP contribution in [0.1, 0.15) is 59.1 Å². The quantitative estimate of drug-likeness (QED) is 0.791. The third-order valence-corrected chi connectivity index (χ3v) is 3.68. The zero-order valence-electron chi connectivity index (χ0n) is 13.2. The fraction of sp³-hybridized carbons (Fsp3) is 0.647. The summed E-state index contributed by atoms with van der Waals surface area (Å²) in [6.07, 6.45) is 2.35. The van der Waals surface area contributed by atoms with Gasteiger partial charge in [-0.2, -0.15) is 0 Å². The fourth-order valence-corrected chi connectivity index (χ4v) is 2.70. The van der Waals surface area contributed by atoms with E-state index in [1.54, 1.807) is 0 Å². The Hall–Kier alpha value is -1.02. The van der Waals surface area contributed by atoms with Crippen LogP contribution in [0.2, 0.25) is 0 Å². The van der Waals surface area contributed by atoms with Crippen molar-refractivity contribution < 1.29 is 0 Å². The first-order valence-corrected chi connectivity index (χ1v) is 7.62. The molecule has 2 heteroatoms. The van der Waals surface area contributed by atoms with E-state index < -0.39 is 0 Å². The smallest absolute Gasteiger partial charge is 0.0417 e. The van der Waals surface area contributed by atoms with Crippen LogP contribution in [0.5, 0.6) is 0 Å². The topological polar surface area (TPSA) is 29.3 Å². The van der Waals surface area contributed by atoms with Crippen LogP contribution in [0.25, 0.3) is 0 Å². The van der Waals surface area contributed by atoms with Crippen LogP contribution in [0.4, 0.5) is 5.69 Å². The largest absolute Gasteiger partial charge is 0.368 e. The highest BCUT2D eigenvalue weighted by atomic mass is 15.2. The minimum absolute atomic E-state index is 0.0835. The molecule has 0 aliphatic carbocycles. The molecule has 2 nitrogen and oxygen atoms in total. The van der Waals surface area contributed by atoms with Crippen molar-refractivity contribution in [3.8, 4) is 0 Å². The Labute approximate surface area is 119 Å². The molecular weight excluding hydrogens is 232 g/mol. The summed E-state index contributed by atoms with van der Waals surface area (Å²) >= 11 is 0. The van der Waals surface area contributed by atoms with Crippen molar-refractivity contribution in [3.63, 3.8) is 0 Å². The van der Waals surface area contributed by atoms with Crippen molar-refractivity contribution in [1.82, 2.24) is 0 Å². The molecule has 0 bridgehead atoms. The molecule has 0 fully saturated rings. The summed E-state index contributed by atoms with van der Waals surface area (Å²) in [6, 6.07) is 9.27. The van der Waals surface area contributed by atoms with Gasteiger partial charge in [0.25, 0.3) is 0 Å². The van der Waals surface area contributed by atoms with Crippen molar-refractivity contribution in [3.05, 3.63) is 29.8 Å². The van der Waals surface area contributed by atoms with Crippen molar-refractivity contribution in [2.45, 2.75) is 59.5 Å². The summed E-state index contributed by atoms with van der Waals surface area (Å²) < 4.78 is 0. The monoisotopic (exact) mass is 262 g/mol. The Morgan fingerprint density at radius 3 is 2.11 bits per heavy atom. The standard InChI is InChI=1S/C17H30N2/c1-6-15(7-2)19(12-13(3)4)17-11-9-8-10-16(17)14(5)18/h8-11,13-15H,6-7,12,18H2,1-5H3. The number of nitrogens with two attached hydrogens (primary N) is 1. The Kier molecular flexibility index (Phi) is 6.36. The second-order valence-corrected chi connectivity index (χ2v) is 5.86. The second kappa shape index (κ2) is 7.54. The van der Waals surface area contributed by atoms with E-state index in [-0.39, 0.29) is 6.04 Å². The highest BCUT2D eigenvalue weighted by Gasteiger charge is 2.20. The maximum atomic E-state index is 6.14. The van der Waals surface area contributed by atoms with Gasteiger partial charge in [0.2, 0.25) is 0 Å². The molecule has 1 atom stereocenters. The maximum Gasteiger partial charge on any atom is 0.0417 e. The first kappa shape index (κ1) is 16.0. The number of nitrogens with zero attached hydrogens (tertiary/aromatic N) is 1. The SMILES string of the molecule is CCC(CC)N(CC(C)C)c1ccccc1C(C)N. The average molecular weight is 262 g/mol. The molecule has 108 valence electrons. The molecule has 0 heterocycles. The van der Waals surface area contributed by atoms with E-state index in [9.17, 15) is 0 Å². The summed E-state index contributed by atoms with van der Waals surface area (Å²) in [5.41, 5.74) is 8.72. The van der Waals surface area contributed by atoms with Crippen LogP contribution in [0, 0.1) is 5.92 Å². The van der Waals surface area contributed by atoms with Crippen molar-refractivity contribution >= 4 is 5.69 Å². The van der Waals surface area contributed by atoms with Gasteiger partial charge in [0, 0.05) is 24.3 Å². The van der Waals surface area contributed by atoms with Gasteiger partial charge >= 0.3 is 0 Å². The first-order chi connectivity index (χ1) is 9.01. The van der Waals surface area contributed by atoms with Crippen molar-refractivity contribution in [2.75, 3.05) is 11.4 Å². The predicted molar refractivity (Wildman–Crippen MR) is 85.6 cm³/mol. The van der Waals surface area contributed by atoms with E-state index in [4.69, 9.17) is 5.73 Å². The van der Waals surface area contributed by atoms with Gasteiger partial charge in [-0.3, -0.25) is 0 Å². The molecule has 0 saturated carbocycles. The summed E-state index contributed by atoms with van der Waals surface area (Å²) in [5.74, 6) is 0.654. The predicted octanol–water partition coefficient (Wildman–Crippen LogP) is 4.36. The van der Waals surface area contributed by atoms with Gasteiger partial charge in [0.05, 0.1) is 0 Å². The third kappa shape index (κ3) is 4.24. The summed E-state index contributed by atoms with van der Waals surface area (Å²) in [4.78, 5) is 2.56. The van der Waals surface area contributed by atoms with E-state index in [1.807, 2.05) is 0 Å². The number of hydrogen-bond donors (Lipinski definition) is 1. The minimum Gasteiger partial charge on any atom is -0.368 e. The Morgan fingerprint density at radius 1 is 1.05 bits per heavy atom. The number of rotatable bonds is 7. The minimum atomic E-state index is 0.0835. The molecule has 1 aromatic rings. The number of hydrogen-bond acceptors (Lipinski definition) is 2. The van der Waals surface area contributed by atoms with Crippen LogP contribution in [-0.2, 0) is 0 Å². The Morgan fingerprint density at radius 2 is 1.63 bits per heavy atom. The summed E-state index contributed by atoms with van der Waals surface area (Å²) in [5, 5.41) is 0. The van der Waals surface area contributed by atoms with Gasteiger partial charge in [0.15, 0.2) is 0 Å². The average Bonchev–Trinajstić information content (AvgIpc) is 2.38. The lowest BCUT2D eigenvalue weighted by molar-refractivity contribution is 0.505. The molecule has 0 spiro atoms. The van der Waals surface area contributed by atoms with Crippen LogP contribution in [-0.4, -0.2) is 12.6 Å². The lowest BCUT2D eigenvalue weighted by Gasteiger charge is -2.36. The van der Waals surface area contributed by atoms with E-state index >= 15 is 0 Å². The number of para-hydroxylation sites is 1. The molecule has 1 rings (SSSR count). The Bertz CT molecular complexity index is 367. The van der Waals surface area contributed by atoms with Gasteiger partial charge in [-0.05, 0) is 37.3 Å². The number of anilines is 1. The van der Waals surface area contributed by atoms with E-state index in [0.717, 1.165) is 6.54 Å². The third-order valence-electron chi connectivity index (χ3n) is 3.68. The normalized spacial score (nSPS) is 13.1. The molecule has 0 saturated heterocycles. The first-order valence-electron chi connectivity index (χ1n) is 7.62. The van der Waals surface area contributed by atoms with Gasteiger partial charge in [-0.15, -0.1) is 0 Å². The second-order valence-electron chi connectivity index (χ2n) is 5.86. The van der Waals surface area contributed by atoms with Gasteiger partial charge < -0.3 is 10.6 Å². The molecule has 0 amide bonds. The van der Waals surface area contributed by atoms with Crippen LogP contribution < -0.4 is 10.6 Å². The van der Waals surface area contributed by atoms with Crippen LogP contribution in [0.15, 0.2) is 24.3 Å². The van der Waals surface area contributed by atoms with Crippen LogP contribution >= 0.6 is 0 Å². The zero-order chi connectivity index (χ0) is 14.4. The van der Waals surface area contributed by atoms with Gasteiger partial charge in [0.1, 0.15) is 0 Å². The number of benzene rings is 1. The fourth-order valence-electron chi connectivity index (χ4n) is 2.70. The molecule has 19 heavy (non-hydrogen) atoms. The lowest BCUT2D eigenvalue weighted by atomic mass is 10.0. The molecule has 0 aliphatic heterocycles. The maximum absolute atomic E-state index is 6.14. The highest BCUT2D eigenvalue weighted by Crippen LogP contribution is 2.29. The summed E-state index contributed by atoms with van der Waals surface area (Å²) in [7, 11) is 0. The molecule has 1 unspecified atom stereocenters. The van der Waals surface area contributed by atoms with Crippen molar-refractivity contribution in [2.24, 2.45) is 11.7 Å². The molecular formula is C17H30N2. The highest BCUT2D eigenvalue weighted by molar-refractivity contribution is 5.55. The molecule has 0 radical (unpaired) electrons. The molecule has 0 aromatic heterocycles. The lowest BCUT2D eigenvalue weighted by Crippen LogP contribution is -2.38. The summed E-state index contributed by atoms with van der Waals surface area (Å²) in [6.45, 7) is 12.3. The molecule has 0 aliphatic rings. The van der Waals surface area contributed by atoms with E-state index in [2.05, 4.69) is 63.8 Å². The van der Waals surface area contributed by atoms with Gasteiger partial charge in [-0.1, -0.05) is 45.9 Å². The van der Waals surface area contributed by atoms with E-state index in [0.29, 0.717) is 12.0 Å². The molecule has 2 N–H and O–H groups in total. The van der Waals surface area contributed by atoms with E-state index in [1.165, 1.54) is 24.1 Å². The van der Waals surface area contributed by atoms with Gasteiger partial charge in [-0.25, -0.2) is 0 Å². The Balaban J connectivity index is 3.16. The zero-order valence-corrected chi connectivity index (χ0v) is 13.2. The molecule has 1 aromatic carbocycles.